The number of nitrogens with one attached hydrogen (secondary N) is 3. The second kappa shape index (κ2) is 6.14. The van der Waals surface area contributed by atoms with Gasteiger partial charge in [-0.05, 0) is 42.3 Å². The molecule has 1 fully saturated rings. The number of aromatic amines is 1. The van der Waals surface area contributed by atoms with Crippen molar-refractivity contribution >= 4 is 29.3 Å². The van der Waals surface area contributed by atoms with E-state index in [1.807, 2.05) is 0 Å². The number of carbonyl (C=O) groups is 4. The van der Waals surface area contributed by atoms with Crippen LogP contribution in [-0.2, 0) is 16.1 Å². The normalized spacial score (nSPS) is 19.3. The highest BCUT2D eigenvalue weighted by Crippen LogP contribution is 2.29. The summed E-state index contributed by atoms with van der Waals surface area (Å²) < 4.78 is 0. The van der Waals surface area contributed by atoms with Gasteiger partial charge in [0.15, 0.2) is 0 Å². The molecule has 1 unspecified atom stereocenters. The lowest BCUT2D eigenvalue weighted by Crippen LogP contribution is -2.52. The van der Waals surface area contributed by atoms with E-state index in [9.17, 15) is 19.2 Å². The third kappa shape index (κ3) is 2.75. The van der Waals surface area contributed by atoms with Gasteiger partial charge in [-0.25, -0.2) is 0 Å². The smallest absolute Gasteiger partial charge is 0.272 e. The van der Waals surface area contributed by atoms with E-state index in [2.05, 4.69) is 15.6 Å². The maximum absolute atomic E-state index is 12.6. The van der Waals surface area contributed by atoms with E-state index >= 15 is 0 Å². The fraction of sp³-hybridized carbons (Fsp3) is 0.222. The largest absolute Gasteiger partial charge is 0.357 e. The molecule has 132 valence electrons. The van der Waals surface area contributed by atoms with Gasteiger partial charge in [0.1, 0.15) is 11.7 Å². The molecule has 1 aromatic carbocycles. The van der Waals surface area contributed by atoms with Crippen LogP contribution in [0, 0.1) is 0 Å². The summed E-state index contributed by atoms with van der Waals surface area (Å²) in [5.41, 5.74) is 2.25. The van der Waals surface area contributed by atoms with Crippen molar-refractivity contribution in [2.45, 2.75) is 25.4 Å². The van der Waals surface area contributed by atoms with Crippen LogP contribution in [0.4, 0.5) is 5.69 Å². The first-order valence-electron chi connectivity index (χ1n) is 8.25. The maximum atomic E-state index is 12.6. The zero-order valence-electron chi connectivity index (χ0n) is 13.7. The molecule has 8 heteroatoms. The number of fused-ring (bicyclic) bond motifs is 1. The Hall–Kier alpha value is -3.42. The van der Waals surface area contributed by atoms with Crippen LogP contribution in [0.2, 0.25) is 0 Å². The molecule has 1 atom stereocenters. The van der Waals surface area contributed by atoms with Gasteiger partial charge in [-0.1, -0.05) is 0 Å². The Morgan fingerprint density at radius 2 is 2.04 bits per heavy atom. The van der Waals surface area contributed by atoms with E-state index < -0.39 is 11.9 Å². The summed E-state index contributed by atoms with van der Waals surface area (Å²) in [4.78, 5) is 52.4. The quantitative estimate of drug-likeness (QED) is 0.716. The number of carbonyl (C=O) groups excluding carboxylic acids is 4. The maximum Gasteiger partial charge on any atom is 0.272 e. The Balaban J connectivity index is 1.52. The van der Waals surface area contributed by atoms with Crippen molar-refractivity contribution in [3.05, 3.63) is 53.3 Å². The Labute approximate surface area is 148 Å². The van der Waals surface area contributed by atoms with Gasteiger partial charge in [0.2, 0.25) is 11.8 Å². The van der Waals surface area contributed by atoms with Gasteiger partial charge in [-0.15, -0.1) is 0 Å². The number of imide groups is 1. The van der Waals surface area contributed by atoms with Crippen LogP contribution in [0.5, 0.6) is 0 Å². The van der Waals surface area contributed by atoms with Crippen molar-refractivity contribution in [2.24, 2.45) is 0 Å². The lowest BCUT2D eigenvalue weighted by Gasteiger charge is -2.29. The zero-order chi connectivity index (χ0) is 18.3. The Kier molecular flexibility index (Phi) is 3.80. The van der Waals surface area contributed by atoms with Crippen molar-refractivity contribution in [1.29, 1.82) is 0 Å². The highest BCUT2D eigenvalue weighted by atomic mass is 16.2. The van der Waals surface area contributed by atoms with Crippen LogP contribution in [0.1, 0.15) is 39.3 Å². The van der Waals surface area contributed by atoms with E-state index in [4.69, 9.17) is 0 Å². The van der Waals surface area contributed by atoms with E-state index in [-0.39, 0.29) is 30.7 Å². The molecule has 0 radical (unpaired) electrons. The number of amides is 4. The van der Waals surface area contributed by atoms with E-state index in [0.29, 0.717) is 23.4 Å². The fourth-order valence-electron chi connectivity index (χ4n) is 3.32. The van der Waals surface area contributed by atoms with Gasteiger partial charge < -0.3 is 15.2 Å². The lowest BCUT2D eigenvalue weighted by molar-refractivity contribution is -0.136. The molecule has 0 spiro atoms. The molecule has 0 bridgehead atoms. The second-order valence-corrected chi connectivity index (χ2v) is 6.31. The Morgan fingerprint density at radius 1 is 1.19 bits per heavy atom. The summed E-state index contributed by atoms with van der Waals surface area (Å²) in [7, 11) is 0. The molecule has 1 saturated heterocycles. The number of H-pyrrole nitrogens is 1. The van der Waals surface area contributed by atoms with Gasteiger partial charge in [-0.3, -0.25) is 24.5 Å². The predicted molar refractivity (Wildman–Crippen MR) is 91.2 cm³/mol. The molecule has 4 rings (SSSR count). The van der Waals surface area contributed by atoms with E-state index in [1.165, 1.54) is 4.90 Å². The van der Waals surface area contributed by atoms with Crippen molar-refractivity contribution in [3.8, 4) is 0 Å². The number of piperidine rings is 1. The SMILES string of the molecule is O=C1CCC(N2Cc3cc(NC(=O)c4ccc[nH]4)ccc3C2=O)C(=O)N1. The van der Waals surface area contributed by atoms with Gasteiger partial charge >= 0.3 is 0 Å². The summed E-state index contributed by atoms with van der Waals surface area (Å²) in [6.45, 7) is 0.270. The van der Waals surface area contributed by atoms with Gasteiger partial charge in [-0.2, -0.15) is 0 Å². The molecule has 2 aliphatic heterocycles. The highest BCUT2D eigenvalue weighted by Gasteiger charge is 2.39. The van der Waals surface area contributed by atoms with Gasteiger partial charge in [0.25, 0.3) is 11.8 Å². The zero-order valence-corrected chi connectivity index (χ0v) is 13.7. The van der Waals surface area contributed by atoms with Crippen molar-refractivity contribution < 1.29 is 19.2 Å². The lowest BCUT2D eigenvalue weighted by atomic mass is 10.0. The fourth-order valence-corrected chi connectivity index (χ4v) is 3.32. The number of hydrogen-bond donors (Lipinski definition) is 3. The van der Waals surface area contributed by atoms with E-state index in [0.717, 1.165) is 5.56 Å². The number of nitrogens with zero attached hydrogens (tertiary/aromatic N) is 1. The number of hydrogen-bond acceptors (Lipinski definition) is 4. The third-order valence-corrected chi connectivity index (χ3v) is 4.62. The summed E-state index contributed by atoms with van der Waals surface area (Å²) in [6.07, 6.45) is 2.20. The van der Waals surface area contributed by atoms with Crippen LogP contribution in [0.15, 0.2) is 36.5 Å². The summed E-state index contributed by atoms with van der Waals surface area (Å²) >= 11 is 0. The summed E-state index contributed by atoms with van der Waals surface area (Å²) in [5.74, 6) is -1.27. The van der Waals surface area contributed by atoms with Gasteiger partial charge in [0.05, 0.1) is 0 Å². The molecule has 26 heavy (non-hydrogen) atoms. The molecule has 1 aromatic heterocycles. The van der Waals surface area contributed by atoms with Crippen LogP contribution < -0.4 is 10.6 Å². The summed E-state index contributed by atoms with van der Waals surface area (Å²) in [5, 5.41) is 5.05. The monoisotopic (exact) mass is 352 g/mol. The number of anilines is 1. The first-order chi connectivity index (χ1) is 12.5. The van der Waals surface area contributed by atoms with E-state index in [1.54, 1.807) is 36.5 Å². The highest BCUT2D eigenvalue weighted by molar-refractivity contribution is 6.06. The standard InChI is InChI=1S/C18H16N4O4/c23-15-6-5-14(17(25)21-15)22-9-10-8-11(3-4-12(10)18(22)26)20-16(24)13-2-1-7-19-13/h1-4,7-8,14,19H,5-6,9H2,(H,20,24)(H,21,23,25). The molecular weight excluding hydrogens is 336 g/mol. The number of aromatic nitrogens is 1. The molecular formula is C18H16N4O4. The Bertz CT molecular complexity index is 919. The van der Waals surface area contributed by atoms with Crippen LogP contribution >= 0.6 is 0 Å². The topological polar surface area (TPSA) is 111 Å². The molecule has 2 aliphatic rings. The first kappa shape index (κ1) is 16.1. The summed E-state index contributed by atoms with van der Waals surface area (Å²) in [6, 6.07) is 7.79. The second-order valence-electron chi connectivity index (χ2n) is 6.31. The van der Waals surface area contributed by atoms with Crippen molar-refractivity contribution in [3.63, 3.8) is 0 Å². The predicted octanol–water partition coefficient (Wildman–Crippen LogP) is 1.03. The number of benzene rings is 1. The van der Waals surface area contributed by atoms with Crippen molar-refractivity contribution in [2.75, 3.05) is 5.32 Å². The molecule has 0 aliphatic carbocycles. The molecule has 8 nitrogen and oxygen atoms in total. The first-order valence-corrected chi connectivity index (χ1v) is 8.25. The molecule has 3 heterocycles. The molecule has 3 N–H and O–H groups in total. The molecule has 0 saturated carbocycles. The van der Waals surface area contributed by atoms with Crippen LogP contribution in [-0.4, -0.2) is 39.6 Å². The molecule has 4 amide bonds. The minimum Gasteiger partial charge on any atom is -0.357 e. The minimum absolute atomic E-state index is 0.216. The van der Waals surface area contributed by atoms with Crippen LogP contribution in [0.3, 0.4) is 0 Å². The molecule has 2 aromatic rings. The minimum atomic E-state index is -0.649. The van der Waals surface area contributed by atoms with Gasteiger partial charge in [0, 0.05) is 30.4 Å². The van der Waals surface area contributed by atoms with Crippen LogP contribution in [0.25, 0.3) is 0 Å². The third-order valence-electron chi connectivity index (χ3n) is 4.62. The number of rotatable bonds is 3. The van der Waals surface area contributed by atoms with Crippen molar-refractivity contribution in [1.82, 2.24) is 15.2 Å². The Morgan fingerprint density at radius 3 is 2.77 bits per heavy atom. The average molecular weight is 352 g/mol. The average Bonchev–Trinajstić information content (AvgIpc) is 3.24.